The Morgan fingerprint density at radius 3 is 1.31 bits per heavy atom. The molecule has 0 aliphatic heterocycles. The molecule has 0 unspecified atom stereocenters. The van der Waals surface area contributed by atoms with Crippen molar-refractivity contribution in [3.05, 3.63) is 73.8 Å². The number of nitrogens with zero attached hydrogens (tertiary/aromatic N) is 6. The summed E-state index contributed by atoms with van der Waals surface area (Å²) in [7, 11) is 0. The minimum atomic E-state index is 0.673. The predicted octanol–water partition coefficient (Wildman–Crippen LogP) is 3.70. The molecule has 26 heavy (non-hydrogen) atoms. The fourth-order valence-corrected chi connectivity index (χ4v) is 3.13. The molecule has 0 fully saturated rings. The van der Waals surface area contributed by atoms with Crippen LogP contribution in [-0.4, -0.2) is 29.9 Å². The van der Waals surface area contributed by atoms with Crippen LogP contribution in [0, 0.1) is 0 Å². The Balaban J connectivity index is 1.66. The summed E-state index contributed by atoms with van der Waals surface area (Å²) in [6.45, 7) is 0. The number of aromatic nitrogens is 6. The molecule has 0 N–H and O–H groups in total. The maximum Gasteiger partial charge on any atom is 0.162 e. The van der Waals surface area contributed by atoms with Gasteiger partial charge in [-0.25, -0.2) is 29.9 Å². The molecule has 0 spiro atoms. The molecule has 0 aliphatic rings. The van der Waals surface area contributed by atoms with Crippen molar-refractivity contribution in [2.24, 2.45) is 0 Å². The topological polar surface area (TPSA) is 77.3 Å². The molecular formula is C20H12N6. The number of hydrogen-bond acceptors (Lipinski definition) is 6. The first kappa shape index (κ1) is 14.5. The van der Waals surface area contributed by atoms with Crippen molar-refractivity contribution in [1.82, 2.24) is 29.9 Å². The van der Waals surface area contributed by atoms with Gasteiger partial charge in [-0.1, -0.05) is 36.4 Å². The Morgan fingerprint density at radius 2 is 0.885 bits per heavy atom. The van der Waals surface area contributed by atoms with Crippen molar-refractivity contribution in [3.8, 4) is 22.8 Å². The van der Waals surface area contributed by atoms with Gasteiger partial charge in [0.1, 0.15) is 25.3 Å². The van der Waals surface area contributed by atoms with Crippen molar-refractivity contribution >= 4 is 21.5 Å². The first-order valence-corrected chi connectivity index (χ1v) is 8.10. The second kappa shape index (κ2) is 5.93. The van der Waals surface area contributed by atoms with Crippen LogP contribution in [0.3, 0.4) is 0 Å². The third-order valence-corrected chi connectivity index (χ3v) is 4.34. The van der Waals surface area contributed by atoms with Gasteiger partial charge in [-0.3, -0.25) is 0 Å². The Bertz CT molecular complexity index is 1120. The van der Waals surface area contributed by atoms with Gasteiger partial charge in [0.25, 0.3) is 0 Å². The molecule has 0 saturated carbocycles. The van der Waals surface area contributed by atoms with Crippen LogP contribution >= 0.6 is 0 Å². The highest BCUT2D eigenvalue weighted by molar-refractivity contribution is 6.09. The van der Waals surface area contributed by atoms with Crippen molar-refractivity contribution in [3.63, 3.8) is 0 Å². The average Bonchev–Trinajstić information content (AvgIpc) is 2.74. The second-order valence-electron chi connectivity index (χ2n) is 5.86. The molecule has 2 heterocycles. The van der Waals surface area contributed by atoms with E-state index in [1.165, 1.54) is 36.1 Å². The molecule has 6 heteroatoms. The minimum absolute atomic E-state index is 0.673. The maximum absolute atomic E-state index is 4.22. The van der Waals surface area contributed by atoms with Crippen molar-refractivity contribution in [2.45, 2.75) is 0 Å². The van der Waals surface area contributed by atoms with Gasteiger partial charge < -0.3 is 0 Å². The molecule has 0 aliphatic carbocycles. The van der Waals surface area contributed by atoms with E-state index in [1.807, 2.05) is 12.1 Å². The van der Waals surface area contributed by atoms with Gasteiger partial charge in [-0.15, -0.1) is 0 Å². The van der Waals surface area contributed by atoms with Gasteiger partial charge >= 0.3 is 0 Å². The number of hydrogen-bond donors (Lipinski definition) is 0. The molecule has 6 nitrogen and oxygen atoms in total. The quantitative estimate of drug-likeness (QED) is 0.457. The third kappa shape index (κ3) is 2.44. The van der Waals surface area contributed by atoms with Crippen LogP contribution in [-0.2, 0) is 0 Å². The van der Waals surface area contributed by atoms with E-state index in [0.717, 1.165) is 21.9 Å². The largest absolute Gasteiger partial charge is 0.225 e. The molecule has 5 rings (SSSR count). The fourth-order valence-electron chi connectivity index (χ4n) is 3.13. The van der Waals surface area contributed by atoms with E-state index in [1.54, 1.807) is 0 Å². The van der Waals surface area contributed by atoms with Gasteiger partial charge in [0.2, 0.25) is 0 Å². The van der Waals surface area contributed by atoms with Gasteiger partial charge in [0.05, 0.1) is 0 Å². The van der Waals surface area contributed by atoms with Gasteiger partial charge in [0.15, 0.2) is 11.6 Å². The molecule has 0 atom stereocenters. The van der Waals surface area contributed by atoms with Crippen molar-refractivity contribution in [2.75, 3.05) is 0 Å². The van der Waals surface area contributed by atoms with Crippen molar-refractivity contribution in [1.29, 1.82) is 0 Å². The molecular weight excluding hydrogens is 324 g/mol. The monoisotopic (exact) mass is 336 g/mol. The lowest BCUT2D eigenvalue weighted by atomic mass is 9.98. The molecule has 0 radical (unpaired) electrons. The Morgan fingerprint density at radius 1 is 0.462 bits per heavy atom. The van der Waals surface area contributed by atoms with E-state index in [9.17, 15) is 0 Å². The van der Waals surface area contributed by atoms with Crippen LogP contribution in [0.1, 0.15) is 0 Å². The van der Waals surface area contributed by atoms with Crippen LogP contribution in [0.25, 0.3) is 44.3 Å². The number of benzene rings is 3. The normalized spacial score (nSPS) is 11.1. The van der Waals surface area contributed by atoms with E-state index in [2.05, 4.69) is 66.3 Å². The maximum atomic E-state index is 4.22. The van der Waals surface area contributed by atoms with Gasteiger partial charge in [-0.2, -0.15) is 0 Å². The Labute approximate surface area is 148 Å². The molecule has 122 valence electrons. The summed E-state index contributed by atoms with van der Waals surface area (Å²) in [6, 6.07) is 16.7. The van der Waals surface area contributed by atoms with Crippen LogP contribution < -0.4 is 0 Å². The predicted molar refractivity (Wildman–Crippen MR) is 99.1 cm³/mol. The molecule has 3 aromatic carbocycles. The van der Waals surface area contributed by atoms with Gasteiger partial charge in [-0.05, 0) is 33.7 Å². The lowest BCUT2D eigenvalue weighted by molar-refractivity contribution is 1.06. The third-order valence-electron chi connectivity index (χ3n) is 4.34. The molecule has 2 aromatic heterocycles. The number of fused-ring (bicyclic) bond motifs is 3. The summed E-state index contributed by atoms with van der Waals surface area (Å²) in [5.41, 5.74) is 1.95. The molecule has 5 aromatic rings. The summed E-state index contributed by atoms with van der Waals surface area (Å²) >= 11 is 0. The average molecular weight is 336 g/mol. The first-order chi connectivity index (χ1) is 12.9. The highest BCUT2D eigenvalue weighted by Crippen LogP contribution is 2.30. The summed E-state index contributed by atoms with van der Waals surface area (Å²) in [4.78, 5) is 24.6. The fraction of sp³-hybridized carbons (Fsp3) is 0. The zero-order valence-electron chi connectivity index (χ0n) is 13.6. The molecule has 0 bridgehead atoms. The first-order valence-electron chi connectivity index (χ1n) is 8.10. The minimum Gasteiger partial charge on any atom is -0.225 e. The zero-order chi connectivity index (χ0) is 17.3. The molecule has 0 amide bonds. The van der Waals surface area contributed by atoms with E-state index in [4.69, 9.17) is 0 Å². The summed E-state index contributed by atoms with van der Waals surface area (Å²) in [5, 5.41) is 4.65. The molecule has 0 saturated heterocycles. The van der Waals surface area contributed by atoms with Crippen LogP contribution in [0.5, 0.6) is 0 Å². The summed E-state index contributed by atoms with van der Waals surface area (Å²) < 4.78 is 0. The lowest BCUT2D eigenvalue weighted by Crippen LogP contribution is -1.90. The summed E-state index contributed by atoms with van der Waals surface area (Å²) in [6.07, 6.45) is 6.04. The second-order valence-corrected chi connectivity index (χ2v) is 5.86. The summed E-state index contributed by atoms with van der Waals surface area (Å²) in [5.74, 6) is 1.35. The van der Waals surface area contributed by atoms with Crippen LogP contribution in [0.2, 0.25) is 0 Å². The van der Waals surface area contributed by atoms with Gasteiger partial charge in [0, 0.05) is 11.1 Å². The zero-order valence-corrected chi connectivity index (χ0v) is 13.6. The van der Waals surface area contributed by atoms with E-state index in [0.29, 0.717) is 11.6 Å². The SMILES string of the molecule is c1ncnc(-c2ccc3c(ccc4cc(-c5ncncn5)ccc43)c2)n1. The Kier molecular flexibility index (Phi) is 3.31. The van der Waals surface area contributed by atoms with Crippen LogP contribution in [0.15, 0.2) is 73.8 Å². The van der Waals surface area contributed by atoms with E-state index < -0.39 is 0 Å². The van der Waals surface area contributed by atoms with E-state index >= 15 is 0 Å². The standard InChI is InChI=1S/C20H12N6/c1-2-14-8-16(20-25-11-22-12-26-20)4-6-18(14)17-5-3-15(7-13(1)17)19-23-9-21-10-24-19/h1-12H. The Hall–Kier alpha value is -3.80. The lowest BCUT2D eigenvalue weighted by Gasteiger charge is -2.08. The number of rotatable bonds is 2. The van der Waals surface area contributed by atoms with Crippen molar-refractivity contribution < 1.29 is 0 Å². The highest BCUT2D eigenvalue weighted by atomic mass is 15.0. The van der Waals surface area contributed by atoms with Crippen LogP contribution in [0.4, 0.5) is 0 Å². The highest BCUT2D eigenvalue weighted by Gasteiger charge is 2.07. The smallest absolute Gasteiger partial charge is 0.162 e. The van der Waals surface area contributed by atoms with E-state index in [-0.39, 0.29) is 0 Å².